The molecule has 128 valence electrons. The predicted molar refractivity (Wildman–Crippen MR) is 105 cm³/mol. The molecule has 0 aliphatic heterocycles. The second kappa shape index (κ2) is 7.96. The molecule has 3 aromatic rings. The van der Waals surface area contributed by atoms with Crippen LogP contribution in [0.15, 0.2) is 91.0 Å². The van der Waals surface area contributed by atoms with Gasteiger partial charge in [0.15, 0.2) is 0 Å². The monoisotopic (exact) mass is 352 g/mol. The third-order valence-electron chi connectivity index (χ3n) is 4.50. The summed E-state index contributed by atoms with van der Waals surface area (Å²) in [7, 11) is -2.38. The third-order valence-corrected chi connectivity index (χ3v) is 9.41. The number of hydrogen-bond acceptors (Lipinski definition) is 2. The Balaban J connectivity index is 2.18. The Hall–Kier alpha value is -2.64. The van der Waals surface area contributed by atoms with Crippen LogP contribution in [0, 0.1) is 0 Å². The van der Waals surface area contributed by atoms with E-state index in [9.17, 15) is 4.79 Å². The number of carboxylic acid groups (broad SMARTS) is 1. The summed E-state index contributed by atoms with van der Waals surface area (Å²) in [6, 6.07) is 31.2. The maximum atomic E-state index is 10.9. The Morgan fingerprint density at radius 1 is 0.720 bits per heavy atom. The molecule has 0 aliphatic carbocycles. The van der Waals surface area contributed by atoms with Gasteiger partial charge in [0.1, 0.15) is 0 Å². The van der Waals surface area contributed by atoms with Crippen molar-refractivity contribution >= 4 is 29.3 Å². The summed E-state index contributed by atoms with van der Waals surface area (Å²) in [6.07, 6.45) is -0.561. The van der Waals surface area contributed by atoms with E-state index in [0.29, 0.717) is 6.16 Å². The molecule has 25 heavy (non-hydrogen) atoms. The van der Waals surface area contributed by atoms with E-state index in [0.717, 1.165) is 0 Å². The van der Waals surface area contributed by atoms with Gasteiger partial charge in [0.05, 0.1) is 0 Å². The predicted octanol–water partition coefficient (Wildman–Crippen LogP) is 3.41. The van der Waals surface area contributed by atoms with E-state index in [4.69, 9.17) is 9.84 Å². The summed E-state index contributed by atoms with van der Waals surface area (Å²) in [5.41, 5.74) is 0. The van der Waals surface area contributed by atoms with Gasteiger partial charge in [0.2, 0.25) is 0 Å². The van der Waals surface area contributed by atoms with Gasteiger partial charge < -0.3 is 0 Å². The van der Waals surface area contributed by atoms with Crippen LogP contribution in [0.25, 0.3) is 0 Å². The summed E-state index contributed by atoms with van der Waals surface area (Å²) < 4.78 is 4.91. The molecule has 0 radical (unpaired) electrons. The summed E-state index contributed by atoms with van der Waals surface area (Å²) in [5.74, 6) is 0. The molecule has 0 bridgehead atoms. The number of ether oxygens (including phenoxy) is 1. The molecule has 0 unspecified atom stereocenters. The standard InChI is InChI=1S/C21H21O3P/c22-21(23)24-16-17-25(18-10-4-1-5-11-18,19-12-6-2-7-13-19)20-14-8-3-9-15-20/h1-15,25H,16-17H2,(H,22,23). The zero-order chi connectivity index (χ0) is 17.5. The molecule has 0 aromatic heterocycles. The van der Waals surface area contributed by atoms with Crippen molar-refractivity contribution in [3.63, 3.8) is 0 Å². The molecule has 0 fully saturated rings. The fourth-order valence-electron chi connectivity index (χ4n) is 3.39. The fourth-order valence-corrected chi connectivity index (χ4v) is 7.95. The van der Waals surface area contributed by atoms with Crippen LogP contribution in [0.1, 0.15) is 0 Å². The number of hydrogen-bond donors (Lipinski definition) is 1. The second-order valence-electron chi connectivity index (χ2n) is 5.87. The van der Waals surface area contributed by atoms with Crippen molar-refractivity contribution in [3.05, 3.63) is 91.0 Å². The Morgan fingerprint density at radius 3 is 1.40 bits per heavy atom. The zero-order valence-electron chi connectivity index (χ0n) is 13.8. The van der Waals surface area contributed by atoms with Gasteiger partial charge in [-0.05, 0) is 0 Å². The van der Waals surface area contributed by atoms with Crippen LogP contribution in [0.5, 0.6) is 0 Å². The molecule has 4 heteroatoms. The van der Waals surface area contributed by atoms with E-state index in [1.165, 1.54) is 15.9 Å². The van der Waals surface area contributed by atoms with Crippen molar-refractivity contribution in [2.75, 3.05) is 12.8 Å². The van der Waals surface area contributed by atoms with Crippen molar-refractivity contribution in [1.82, 2.24) is 0 Å². The van der Waals surface area contributed by atoms with Crippen molar-refractivity contribution in [3.8, 4) is 0 Å². The Bertz CT molecular complexity index is 708. The van der Waals surface area contributed by atoms with Gasteiger partial charge >= 0.3 is 148 Å². The molecule has 1 N–H and O–H groups in total. The average Bonchev–Trinajstić information content (AvgIpc) is 2.67. The van der Waals surface area contributed by atoms with Gasteiger partial charge in [0, 0.05) is 0 Å². The number of rotatable bonds is 6. The van der Waals surface area contributed by atoms with Crippen LogP contribution in [0.4, 0.5) is 4.79 Å². The molecule has 0 saturated carbocycles. The van der Waals surface area contributed by atoms with E-state index in [2.05, 4.69) is 36.4 Å². The molecule has 3 rings (SSSR count). The van der Waals surface area contributed by atoms with Crippen molar-refractivity contribution < 1.29 is 14.6 Å². The Labute approximate surface area is 148 Å². The van der Waals surface area contributed by atoms with E-state index < -0.39 is 13.4 Å². The van der Waals surface area contributed by atoms with Crippen molar-refractivity contribution in [2.45, 2.75) is 0 Å². The Morgan fingerprint density at radius 2 is 1.08 bits per heavy atom. The third kappa shape index (κ3) is 3.72. The minimum absolute atomic E-state index is 0.181. The average molecular weight is 352 g/mol. The van der Waals surface area contributed by atoms with Crippen molar-refractivity contribution in [2.24, 2.45) is 0 Å². The van der Waals surface area contributed by atoms with Crippen LogP contribution >= 0.6 is 7.26 Å². The summed E-state index contributed by atoms with van der Waals surface area (Å²) in [4.78, 5) is 10.9. The topological polar surface area (TPSA) is 46.5 Å². The Kier molecular flexibility index (Phi) is 5.47. The number of benzene rings is 3. The number of carbonyl (C=O) groups is 1. The quantitative estimate of drug-likeness (QED) is 0.546. The van der Waals surface area contributed by atoms with E-state index in [-0.39, 0.29) is 6.61 Å². The first kappa shape index (κ1) is 17.2. The van der Waals surface area contributed by atoms with Gasteiger partial charge in [-0.25, -0.2) is 0 Å². The molecular weight excluding hydrogens is 331 g/mol. The van der Waals surface area contributed by atoms with E-state index in [1.54, 1.807) is 0 Å². The molecule has 3 nitrogen and oxygen atoms in total. The zero-order valence-corrected chi connectivity index (χ0v) is 14.8. The molecular formula is C21H21O3P. The first-order chi connectivity index (χ1) is 12.2. The fraction of sp³-hybridized carbons (Fsp3) is 0.0952. The van der Waals surface area contributed by atoms with Gasteiger partial charge in [-0.15, -0.1) is 0 Å². The van der Waals surface area contributed by atoms with E-state index in [1.807, 2.05) is 54.6 Å². The molecule has 0 amide bonds. The van der Waals surface area contributed by atoms with Gasteiger partial charge in [-0.1, -0.05) is 0 Å². The van der Waals surface area contributed by atoms with Crippen LogP contribution in [-0.2, 0) is 4.74 Å². The molecule has 3 aromatic carbocycles. The van der Waals surface area contributed by atoms with Gasteiger partial charge in [0.25, 0.3) is 0 Å². The molecule has 0 atom stereocenters. The van der Waals surface area contributed by atoms with E-state index >= 15 is 0 Å². The summed E-state index contributed by atoms with van der Waals surface area (Å²) in [5, 5.41) is 12.7. The van der Waals surface area contributed by atoms with Crippen LogP contribution in [0.2, 0.25) is 0 Å². The second-order valence-corrected chi connectivity index (χ2v) is 9.91. The van der Waals surface area contributed by atoms with Crippen molar-refractivity contribution in [1.29, 1.82) is 0 Å². The summed E-state index contributed by atoms with van der Waals surface area (Å²) >= 11 is 0. The molecule has 0 saturated heterocycles. The molecule has 0 spiro atoms. The van der Waals surface area contributed by atoms with Gasteiger partial charge in [-0.2, -0.15) is 0 Å². The first-order valence-corrected chi connectivity index (χ1v) is 10.5. The van der Waals surface area contributed by atoms with Gasteiger partial charge in [-0.3, -0.25) is 0 Å². The normalized spacial score (nSPS) is 11.7. The minimum atomic E-state index is -2.38. The van der Waals surface area contributed by atoms with Crippen LogP contribution < -0.4 is 15.9 Å². The molecule has 0 aliphatic rings. The summed E-state index contributed by atoms with van der Waals surface area (Å²) in [6.45, 7) is 0.181. The van der Waals surface area contributed by atoms with Crippen LogP contribution in [-0.4, -0.2) is 24.0 Å². The SMILES string of the molecule is O=C(O)OCC[PH](c1ccccc1)(c1ccccc1)c1ccccc1. The van der Waals surface area contributed by atoms with Crippen LogP contribution in [0.3, 0.4) is 0 Å². The molecule has 0 heterocycles. The maximum absolute atomic E-state index is 10.9. The first-order valence-electron chi connectivity index (χ1n) is 8.26.